The zero-order valence-electron chi connectivity index (χ0n) is 7.77. The van der Waals surface area contributed by atoms with Crippen molar-refractivity contribution in [3.05, 3.63) is 23.8 Å². The minimum Gasteiger partial charge on any atom is -0.481 e. The first-order valence-electron chi connectivity index (χ1n) is 4.47. The molecule has 14 heavy (non-hydrogen) atoms. The number of aliphatic carboxylic acids is 1. The van der Waals surface area contributed by atoms with Crippen LogP contribution < -0.4 is 5.73 Å². The van der Waals surface area contributed by atoms with E-state index in [1.54, 1.807) is 6.08 Å². The normalized spacial score (nSPS) is 17.4. The van der Waals surface area contributed by atoms with Gasteiger partial charge >= 0.3 is 5.97 Å². The average molecular weight is 195 g/mol. The number of carbonyl (C=O) groups is 2. The van der Waals surface area contributed by atoms with Crippen molar-refractivity contribution in [2.75, 3.05) is 0 Å². The molecule has 1 atom stereocenters. The van der Waals surface area contributed by atoms with Gasteiger partial charge < -0.3 is 10.8 Å². The summed E-state index contributed by atoms with van der Waals surface area (Å²) in [4.78, 5) is 21.9. The molecule has 4 heteroatoms. The second kappa shape index (κ2) is 4.72. The van der Waals surface area contributed by atoms with Gasteiger partial charge in [0.1, 0.15) is 0 Å². The number of hydrogen-bond donors (Lipinski definition) is 2. The molecule has 3 N–H and O–H groups in total. The summed E-state index contributed by atoms with van der Waals surface area (Å²) in [6.07, 6.45) is 6.62. The number of carbonyl (C=O) groups excluding carboxylic acids is 1. The van der Waals surface area contributed by atoms with Crippen molar-refractivity contribution >= 4 is 11.8 Å². The smallest absolute Gasteiger partial charge is 0.305 e. The van der Waals surface area contributed by atoms with Crippen molar-refractivity contribution < 1.29 is 14.7 Å². The van der Waals surface area contributed by atoms with Crippen molar-refractivity contribution in [2.24, 2.45) is 5.73 Å². The van der Waals surface area contributed by atoms with E-state index in [1.807, 2.05) is 12.2 Å². The topological polar surface area (TPSA) is 80.4 Å². The molecule has 0 saturated carbocycles. The van der Waals surface area contributed by atoms with Gasteiger partial charge in [0, 0.05) is 0 Å². The van der Waals surface area contributed by atoms with E-state index in [9.17, 15) is 9.59 Å². The summed E-state index contributed by atoms with van der Waals surface area (Å²) in [5.74, 6) is -1.30. The molecular weight excluding hydrogens is 182 g/mol. The van der Waals surface area contributed by atoms with Crippen LogP contribution in [-0.4, -0.2) is 22.9 Å². The van der Waals surface area contributed by atoms with Gasteiger partial charge in [0.2, 0.25) is 0 Å². The predicted octanol–water partition coefficient (Wildman–Crippen LogP) is 0.634. The lowest BCUT2D eigenvalue weighted by Crippen LogP contribution is -2.34. The van der Waals surface area contributed by atoms with Gasteiger partial charge in [-0.25, -0.2) is 0 Å². The first-order valence-corrected chi connectivity index (χ1v) is 4.47. The molecule has 0 unspecified atom stereocenters. The van der Waals surface area contributed by atoms with Gasteiger partial charge in [0.05, 0.1) is 12.5 Å². The summed E-state index contributed by atoms with van der Waals surface area (Å²) in [5.41, 5.74) is 6.08. The third kappa shape index (κ3) is 2.81. The van der Waals surface area contributed by atoms with Crippen LogP contribution in [0.3, 0.4) is 0 Å². The molecule has 0 bridgehead atoms. The Morgan fingerprint density at radius 3 is 2.71 bits per heavy atom. The number of Topliss-reactive ketones (excluding diaryl/α,β-unsaturated/α-hetero) is 1. The van der Waals surface area contributed by atoms with E-state index in [-0.39, 0.29) is 12.2 Å². The van der Waals surface area contributed by atoms with E-state index in [2.05, 4.69) is 0 Å². The fourth-order valence-electron chi connectivity index (χ4n) is 1.32. The molecule has 1 rings (SSSR count). The zero-order valence-corrected chi connectivity index (χ0v) is 7.77. The van der Waals surface area contributed by atoms with Crippen molar-refractivity contribution in [1.82, 2.24) is 0 Å². The molecule has 0 aromatic heterocycles. The maximum Gasteiger partial charge on any atom is 0.305 e. The molecule has 0 aromatic rings. The second-order valence-corrected chi connectivity index (χ2v) is 3.21. The van der Waals surface area contributed by atoms with E-state index in [1.165, 1.54) is 0 Å². The lowest BCUT2D eigenvalue weighted by atomic mass is 9.96. The minimum absolute atomic E-state index is 0.253. The van der Waals surface area contributed by atoms with Gasteiger partial charge in [0.25, 0.3) is 0 Å². The molecule has 0 aromatic carbocycles. The number of nitrogens with two attached hydrogens (primary N) is 1. The predicted molar refractivity (Wildman–Crippen MR) is 51.7 cm³/mol. The lowest BCUT2D eigenvalue weighted by molar-refractivity contribution is -0.138. The fraction of sp³-hybridized carbons (Fsp3) is 0.400. The third-order valence-electron chi connectivity index (χ3n) is 2.05. The molecule has 0 aliphatic heterocycles. The van der Waals surface area contributed by atoms with Crippen LogP contribution in [0.5, 0.6) is 0 Å². The van der Waals surface area contributed by atoms with Crippen LogP contribution in [0.4, 0.5) is 0 Å². The molecule has 1 aliphatic rings. The standard InChI is InChI=1S/C10H13NO3/c11-8(6-9(12)13)10(14)7-4-2-1-3-5-7/h1-2,5,8H,3-4,6,11H2,(H,12,13)/t8-/m1/s1. The number of ketones is 1. The molecule has 0 radical (unpaired) electrons. The van der Waals surface area contributed by atoms with Crippen LogP contribution in [-0.2, 0) is 9.59 Å². The highest BCUT2D eigenvalue weighted by molar-refractivity contribution is 6.01. The second-order valence-electron chi connectivity index (χ2n) is 3.21. The zero-order chi connectivity index (χ0) is 10.6. The maximum absolute atomic E-state index is 11.5. The summed E-state index contributed by atoms with van der Waals surface area (Å²) in [5, 5.41) is 8.47. The Morgan fingerprint density at radius 1 is 1.50 bits per heavy atom. The Hall–Kier alpha value is -1.42. The van der Waals surface area contributed by atoms with Crippen molar-refractivity contribution in [1.29, 1.82) is 0 Å². The number of carboxylic acid groups (broad SMARTS) is 1. The number of rotatable bonds is 4. The number of allylic oxidation sites excluding steroid dienone is 3. The first kappa shape index (κ1) is 10.7. The average Bonchev–Trinajstić information content (AvgIpc) is 2.17. The summed E-state index contributed by atoms with van der Waals surface area (Å²) in [6, 6.07) is -0.912. The molecule has 1 aliphatic carbocycles. The SMILES string of the molecule is N[C@H](CC(=O)O)C(=O)C1=CCC=CC1. The van der Waals surface area contributed by atoms with Crippen LogP contribution in [0.25, 0.3) is 0 Å². The number of carboxylic acids is 1. The summed E-state index contributed by atoms with van der Waals surface area (Å²) in [7, 11) is 0. The maximum atomic E-state index is 11.5. The van der Waals surface area contributed by atoms with E-state index in [0.29, 0.717) is 12.0 Å². The Bertz CT molecular complexity index is 304. The van der Waals surface area contributed by atoms with Crippen molar-refractivity contribution in [3.8, 4) is 0 Å². The molecular formula is C10H13NO3. The fourth-order valence-corrected chi connectivity index (χ4v) is 1.32. The van der Waals surface area contributed by atoms with Crippen LogP contribution in [0.1, 0.15) is 19.3 Å². The highest BCUT2D eigenvalue weighted by Crippen LogP contribution is 2.13. The van der Waals surface area contributed by atoms with Crippen LogP contribution in [0, 0.1) is 0 Å². The molecule has 0 fully saturated rings. The first-order chi connectivity index (χ1) is 6.61. The molecule has 0 spiro atoms. The van der Waals surface area contributed by atoms with Gasteiger partial charge in [-0.15, -0.1) is 0 Å². The molecule has 0 heterocycles. The monoisotopic (exact) mass is 195 g/mol. The Labute approximate surface area is 82.1 Å². The van der Waals surface area contributed by atoms with Crippen LogP contribution in [0.2, 0.25) is 0 Å². The van der Waals surface area contributed by atoms with E-state index >= 15 is 0 Å². The number of hydrogen-bond acceptors (Lipinski definition) is 3. The molecule has 4 nitrogen and oxygen atoms in total. The Kier molecular flexibility index (Phi) is 3.59. The van der Waals surface area contributed by atoms with E-state index in [0.717, 1.165) is 6.42 Å². The quantitative estimate of drug-likeness (QED) is 0.645. The van der Waals surface area contributed by atoms with Crippen molar-refractivity contribution in [3.63, 3.8) is 0 Å². The summed E-state index contributed by atoms with van der Waals surface area (Å²) in [6.45, 7) is 0. The molecule has 76 valence electrons. The summed E-state index contributed by atoms with van der Waals surface area (Å²) >= 11 is 0. The largest absolute Gasteiger partial charge is 0.481 e. The highest BCUT2D eigenvalue weighted by Gasteiger charge is 2.20. The lowest BCUT2D eigenvalue weighted by Gasteiger charge is -2.11. The van der Waals surface area contributed by atoms with Gasteiger partial charge in [-0.05, 0) is 18.4 Å². The van der Waals surface area contributed by atoms with Gasteiger partial charge in [-0.1, -0.05) is 18.2 Å². The minimum atomic E-state index is -1.04. The third-order valence-corrected chi connectivity index (χ3v) is 2.05. The van der Waals surface area contributed by atoms with Gasteiger partial charge in [-0.2, -0.15) is 0 Å². The molecule has 0 saturated heterocycles. The van der Waals surface area contributed by atoms with Gasteiger partial charge in [-0.3, -0.25) is 9.59 Å². The highest BCUT2D eigenvalue weighted by atomic mass is 16.4. The Morgan fingerprint density at radius 2 is 2.21 bits per heavy atom. The summed E-state index contributed by atoms with van der Waals surface area (Å²) < 4.78 is 0. The van der Waals surface area contributed by atoms with Crippen LogP contribution in [0.15, 0.2) is 23.8 Å². The van der Waals surface area contributed by atoms with Gasteiger partial charge in [0.15, 0.2) is 5.78 Å². The molecule has 0 amide bonds. The van der Waals surface area contributed by atoms with E-state index < -0.39 is 12.0 Å². The Balaban J connectivity index is 2.56. The van der Waals surface area contributed by atoms with Crippen LogP contribution >= 0.6 is 0 Å². The van der Waals surface area contributed by atoms with Crippen molar-refractivity contribution in [2.45, 2.75) is 25.3 Å². The van der Waals surface area contributed by atoms with E-state index in [4.69, 9.17) is 10.8 Å².